The van der Waals surface area contributed by atoms with E-state index in [4.69, 9.17) is 4.74 Å². The number of anilines is 3. The van der Waals surface area contributed by atoms with E-state index >= 15 is 0 Å². The molecule has 0 aliphatic heterocycles. The number of ether oxygens (including phenoxy) is 1. The molecular formula is C17H17N5O. The van der Waals surface area contributed by atoms with E-state index in [0.717, 1.165) is 17.0 Å². The summed E-state index contributed by atoms with van der Waals surface area (Å²) < 4.78 is 5.14. The topological polar surface area (TPSA) is 72.0 Å². The predicted octanol–water partition coefficient (Wildman–Crippen LogP) is 3.24. The summed E-state index contributed by atoms with van der Waals surface area (Å²) in [6.07, 6.45) is 1.60. The summed E-state index contributed by atoms with van der Waals surface area (Å²) in [7, 11) is 1.65. The molecule has 0 amide bonds. The highest BCUT2D eigenvalue weighted by atomic mass is 16.5. The lowest BCUT2D eigenvalue weighted by Gasteiger charge is -2.08. The molecule has 2 N–H and O–H groups in total. The van der Waals surface area contributed by atoms with Crippen molar-refractivity contribution < 1.29 is 4.74 Å². The van der Waals surface area contributed by atoms with Gasteiger partial charge in [0, 0.05) is 12.2 Å². The minimum atomic E-state index is 0.455. The number of methoxy groups -OCH3 is 1. The fourth-order valence-electron chi connectivity index (χ4n) is 2.03. The second kappa shape index (κ2) is 7.22. The Morgan fingerprint density at radius 2 is 1.78 bits per heavy atom. The second-order valence-electron chi connectivity index (χ2n) is 4.86. The molecule has 0 bridgehead atoms. The zero-order chi connectivity index (χ0) is 15.9. The van der Waals surface area contributed by atoms with Crippen LogP contribution in [0.5, 0.6) is 5.75 Å². The molecule has 0 radical (unpaired) electrons. The van der Waals surface area contributed by atoms with E-state index in [1.807, 2.05) is 54.6 Å². The van der Waals surface area contributed by atoms with Crippen molar-refractivity contribution in [1.29, 1.82) is 0 Å². The average molecular weight is 307 g/mol. The van der Waals surface area contributed by atoms with E-state index in [1.165, 1.54) is 0 Å². The Morgan fingerprint density at radius 1 is 1.00 bits per heavy atom. The summed E-state index contributed by atoms with van der Waals surface area (Å²) in [5.41, 5.74) is 2.04. The van der Waals surface area contributed by atoms with Gasteiger partial charge in [-0.15, -0.1) is 5.10 Å². The maximum atomic E-state index is 5.14. The summed E-state index contributed by atoms with van der Waals surface area (Å²) in [6.45, 7) is 0.646. The highest BCUT2D eigenvalue weighted by molar-refractivity contribution is 5.53. The van der Waals surface area contributed by atoms with Crippen LogP contribution in [0.4, 0.5) is 17.5 Å². The van der Waals surface area contributed by atoms with Gasteiger partial charge >= 0.3 is 0 Å². The number of nitrogens with one attached hydrogen (secondary N) is 2. The summed E-state index contributed by atoms with van der Waals surface area (Å²) >= 11 is 0. The van der Waals surface area contributed by atoms with Crippen molar-refractivity contribution in [1.82, 2.24) is 15.2 Å². The van der Waals surface area contributed by atoms with Gasteiger partial charge in [0.15, 0.2) is 5.82 Å². The second-order valence-corrected chi connectivity index (χ2v) is 4.86. The summed E-state index contributed by atoms with van der Waals surface area (Å²) in [5, 5.41) is 14.3. The third-order valence-corrected chi connectivity index (χ3v) is 3.22. The third-order valence-electron chi connectivity index (χ3n) is 3.22. The van der Waals surface area contributed by atoms with Crippen molar-refractivity contribution in [2.24, 2.45) is 0 Å². The Hall–Kier alpha value is -3.15. The molecule has 0 atom stereocenters. The molecule has 1 heterocycles. The van der Waals surface area contributed by atoms with Gasteiger partial charge in [-0.05, 0) is 29.8 Å². The first-order chi connectivity index (χ1) is 11.3. The molecule has 0 unspecified atom stereocenters. The van der Waals surface area contributed by atoms with E-state index in [0.29, 0.717) is 18.3 Å². The SMILES string of the molecule is COc1ccc(CNc2cnnc(Nc3ccccc3)n2)cc1. The molecule has 0 aliphatic carbocycles. The number of rotatable bonds is 6. The van der Waals surface area contributed by atoms with Gasteiger partial charge in [0.25, 0.3) is 0 Å². The van der Waals surface area contributed by atoms with Crippen molar-refractivity contribution in [2.75, 3.05) is 17.7 Å². The molecule has 0 aliphatic rings. The lowest BCUT2D eigenvalue weighted by molar-refractivity contribution is 0.414. The van der Waals surface area contributed by atoms with Crippen LogP contribution in [-0.4, -0.2) is 22.3 Å². The molecule has 0 fully saturated rings. The van der Waals surface area contributed by atoms with Crippen LogP contribution in [0.3, 0.4) is 0 Å². The monoisotopic (exact) mass is 307 g/mol. The number of hydrogen-bond donors (Lipinski definition) is 2. The minimum Gasteiger partial charge on any atom is -0.497 e. The summed E-state index contributed by atoms with van der Waals surface area (Å²) in [5.74, 6) is 1.96. The number of nitrogens with zero attached hydrogens (tertiary/aromatic N) is 3. The standard InChI is InChI=1S/C17H17N5O/c1-23-15-9-7-13(8-10-15)11-18-16-12-19-22-17(21-16)20-14-5-3-2-4-6-14/h2-10,12H,11H2,1H3,(H2,18,20,21,22). The van der Waals surface area contributed by atoms with Crippen LogP contribution in [0.2, 0.25) is 0 Å². The van der Waals surface area contributed by atoms with Gasteiger partial charge in [0.05, 0.1) is 13.3 Å². The number of hydrogen-bond acceptors (Lipinski definition) is 6. The maximum Gasteiger partial charge on any atom is 0.249 e. The number of aromatic nitrogens is 3. The molecule has 116 valence electrons. The van der Waals surface area contributed by atoms with Gasteiger partial charge in [0.2, 0.25) is 5.95 Å². The molecule has 0 saturated carbocycles. The Labute approximate surface area is 134 Å². The highest BCUT2D eigenvalue weighted by Crippen LogP contribution is 2.14. The molecule has 2 aromatic carbocycles. The van der Waals surface area contributed by atoms with Crippen LogP contribution < -0.4 is 15.4 Å². The van der Waals surface area contributed by atoms with Gasteiger partial charge in [-0.3, -0.25) is 0 Å². The predicted molar refractivity (Wildman–Crippen MR) is 89.9 cm³/mol. The van der Waals surface area contributed by atoms with E-state index in [9.17, 15) is 0 Å². The molecule has 0 spiro atoms. The molecular weight excluding hydrogens is 290 g/mol. The first-order valence-electron chi connectivity index (χ1n) is 7.22. The Bertz CT molecular complexity index is 746. The van der Waals surface area contributed by atoms with Crippen molar-refractivity contribution in [3.8, 4) is 5.75 Å². The molecule has 6 heteroatoms. The van der Waals surface area contributed by atoms with E-state index in [2.05, 4.69) is 25.8 Å². The molecule has 3 aromatic rings. The van der Waals surface area contributed by atoms with Crippen LogP contribution in [0.15, 0.2) is 60.8 Å². The molecule has 6 nitrogen and oxygen atoms in total. The summed E-state index contributed by atoms with van der Waals surface area (Å²) in [4.78, 5) is 4.40. The number of benzene rings is 2. The summed E-state index contributed by atoms with van der Waals surface area (Å²) in [6, 6.07) is 17.6. The fourth-order valence-corrected chi connectivity index (χ4v) is 2.03. The largest absolute Gasteiger partial charge is 0.497 e. The number of para-hydroxylation sites is 1. The quantitative estimate of drug-likeness (QED) is 0.728. The normalized spacial score (nSPS) is 10.1. The fraction of sp³-hybridized carbons (Fsp3) is 0.118. The van der Waals surface area contributed by atoms with Crippen LogP contribution in [0.1, 0.15) is 5.56 Å². The Kier molecular flexibility index (Phi) is 4.63. The van der Waals surface area contributed by atoms with Crippen molar-refractivity contribution in [3.05, 3.63) is 66.4 Å². The maximum absolute atomic E-state index is 5.14. The minimum absolute atomic E-state index is 0.455. The van der Waals surface area contributed by atoms with Crippen molar-refractivity contribution >= 4 is 17.5 Å². The van der Waals surface area contributed by atoms with Crippen LogP contribution in [0.25, 0.3) is 0 Å². The van der Waals surface area contributed by atoms with Crippen LogP contribution in [0, 0.1) is 0 Å². The third kappa shape index (κ3) is 4.16. The zero-order valence-corrected chi connectivity index (χ0v) is 12.7. The highest BCUT2D eigenvalue weighted by Gasteiger charge is 2.01. The van der Waals surface area contributed by atoms with Gasteiger partial charge in [-0.25, -0.2) is 0 Å². The van der Waals surface area contributed by atoms with Gasteiger partial charge in [-0.1, -0.05) is 30.3 Å². The van der Waals surface area contributed by atoms with E-state index < -0.39 is 0 Å². The zero-order valence-electron chi connectivity index (χ0n) is 12.7. The van der Waals surface area contributed by atoms with E-state index in [-0.39, 0.29) is 0 Å². The first kappa shape index (κ1) is 14.8. The average Bonchev–Trinajstić information content (AvgIpc) is 2.62. The Morgan fingerprint density at radius 3 is 2.52 bits per heavy atom. The van der Waals surface area contributed by atoms with Gasteiger partial charge < -0.3 is 15.4 Å². The lowest BCUT2D eigenvalue weighted by Crippen LogP contribution is -2.05. The lowest BCUT2D eigenvalue weighted by atomic mass is 10.2. The van der Waals surface area contributed by atoms with Crippen molar-refractivity contribution in [3.63, 3.8) is 0 Å². The molecule has 0 saturated heterocycles. The first-order valence-corrected chi connectivity index (χ1v) is 7.22. The van der Waals surface area contributed by atoms with Crippen LogP contribution in [-0.2, 0) is 6.54 Å². The molecule has 23 heavy (non-hydrogen) atoms. The van der Waals surface area contributed by atoms with E-state index in [1.54, 1.807) is 13.3 Å². The van der Waals surface area contributed by atoms with Crippen LogP contribution >= 0.6 is 0 Å². The molecule has 1 aromatic heterocycles. The van der Waals surface area contributed by atoms with Gasteiger partial charge in [-0.2, -0.15) is 10.1 Å². The van der Waals surface area contributed by atoms with Crippen molar-refractivity contribution in [2.45, 2.75) is 6.54 Å². The molecule has 3 rings (SSSR count). The Balaban J connectivity index is 1.63. The smallest absolute Gasteiger partial charge is 0.249 e. The van der Waals surface area contributed by atoms with Gasteiger partial charge in [0.1, 0.15) is 5.75 Å².